The first-order valence-electron chi connectivity index (χ1n) is 5.82. The monoisotopic (exact) mass is 390 g/mol. The Morgan fingerprint density at radius 1 is 1.21 bits per heavy atom. The van der Waals surface area contributed by atoms with Gasteiger partial charge in [-0.2, -0.15) is 0 Å². The van der Waals surface area contributed by atoms with Crippen molar-refractivity contribution >= 4 is 43.6 Å². The molecule has 2 rings (SSSR count). The van der Waals surface area contributed by atoms with E-state index in [0.29, 0.717) is 30.4 Å². The van der Waals surface area contributed by atoms with Crippen molar-refractivity contribution in [2.24, 2.45) is 0 Å². The molecule has 1 saturated heterocycles. The summed E-state index contributed by atoms with van der Waals surface area (Å²) in [6.45, 7) is 0.883. The summed E-state index contributed by atoms with van der Waals surface area (Å²) in [5.41, 5.74) is -0.246. The van der Waals surface area contributed by atoms with Crippen LogP contribution >= 0.6 is 31.9 Å². The zero-order valence-corrected chi connectivity index (χ0v) is 13.2. The molecule has 0 spiro atoms. The fraction of sp³-hybridized carbons (Fsp3) is 0.417. The van der Waals surface area contributed by atoms with Gasteiger partial charge in [-0.1, -0.05) is 0 Å². The Morgan fingerprint density at radius 2 is 1.84 bits per heavy atom. The number of aromatic nitrogens is 1. The Kier molecular flexibility index (Phi) is 4.57. The second-order valence-electron chi connectivity index (χ2n) is 4.36. The maximum Gasteiger partial charge on any atom is 0.265 e. The molecule has 1 aliphatic heterocycles. The average Bonchev–Trinajstić information content (AvgIpc) is 2.36. The van der Waals surface area contributed by atoms with Crippen LogP contribution in [0.5, 0.6) is 0 Å². The van der Waals surface area contributed by atoms with Crippen molar-refractivity contribution in [1.29, 1.82) is 0 Å². The van der Waals surface area contributed by atoms with Crippen LogP contribution in [0.2, 0.25) is 0 Å². The minimum absolute atomic E-state index is 0.00887. The van der Waals surface area contributed by atoms with Crippen molar-refractivity contribution in [3.8, 4) is 0 Å². The summed E-state index contributed by atoms with van der Waals surface area (Å²) in [4.78, 5) is 36.7. The van der Waals surface area contributed by atoms with E-state index in [2.05, 4.69) is 31.9 Å². The summed E-state index contributed by atoms with van der Waals surface area (Å²) in [5.74, 6) is 0.0472. The highest BCUT2D eigenvalue weighted by Crippen LogP contribution is 2.13. The lowest BCUT2D eigenvalue weighted by Gasteiger charge is -2.26. The predicted molar refractivity (Wildman–Crippen MR) is 76.9 cm³/mol. The van der Waals surface area contributed by atoms with Crippen molar-refractivity contribution in [3.05, 3.63) is 31.6 Å². The van der Waals surface area contributed by atoms with E-state index in [9.17, 15) is 14.4 Å². The van der Waals surface area contributed by atoms with Crippen molar-refractivity contribution < 1.29 is 9.59 Å². The van der Waals surface area contributed by atoms with Gasteiger partial charge in [0.2, 0.25) is 5.91 Å². The van der Waals surface area contributed by atoms with Crippen molar-refractivity contribution in [3.63, 3.8) is 0 Å². The van der Waals surface area contributed by atoms with Gasteiger partial charge in [-0.05, 0) is 37.9 Å². The van der Waals surface area contributed by atoms with Crippen LogP contribution in [-0.4, -0.2) is 34.2 Å². The SMILES string of the molecule is O=C1CCN(C(=O)Cn2cc(Br)cc(Br)c2=O)CC1. The van der Waals surface area contributed by atoms with Crippen LogP contribution in [0, 0.1) is 0 Å². The van der Waals surface area contributed by atoms with Crippen LogP contribution < -0.4 is 5.56 Å². The van der Waals surface area contributed by atoms with E-state index >= 15 is 0 Å². The van der Waals surface area contributed by atoms with Crippen LogP contribution in [-0.2, 0) is 16.1 Å². The third-order valence-electron chi connectivity index (χ3n) is 2.99. The zero-order chi connectivity index (χ0) is 14.0. The van der Waals surface area contributed by atoms with Gasteiger partial charge in [-0.15, -0.1) is 0 Å². The fourth-order valence-corrected chi connectivity index (χ4v) is 3.19. The standard InChI is InChI=1S/C12H12Br2N2O3/c13-8-5-10(14)12(19)16(6-8)7-11(18)15-3-1-9(17)2-4-15/h5-6H,1-4,7H2. The molecule has 102 valence electrons. The number of carbonyl (C=O) groups excluding carboxylic acids is 2. The molecule has 0 bridgehead atoms. The van der Waals surface area contributed by atoms with E-state index in [-0.39, 0.29) is 23.8 Å². The summed E-state index contributed by atoms with van der Waals surface area (Å²) in [5, 5.41) is 0. The smallest absolute Gasteiger partial charge is 0.265 e. The van der Waals surface area contributed by atoms with E-state index in [1.54, 1.807) is 17.2 Å². The van der Waals surface area contributed by atoms with Gasteiger partial charge in [0.1, 0.15) is 12.3 Å². The number of Topliss-reactive ketones (excluding diaryl/α,β-unsaturated/α-hetero) is 1. The Labute approximate surface area is 126 Å². The molecule has 0 aromatic carbocycles. The van der Waals surface area contributed by atoms with Gasteiger partial charge < -0.3 is 9.47 Å². The summed E-state index contributed by atoms with van der Waals surface area (Å²) >= 11 is 6.44. The van der Waals surface area contributed by atoms with Crippen LogP contribution in [0.3, 0.4) is 0 Å². The molecule has 1 aliphatic rings. The number of likely N-dealkylation sites (tertiary alicyclic amines) is 1. The quantitative estimate of drug-likeness (QED) is 0.768. The normalized spacial score (nSPS) is 15.7. The number of ketones is 1. The van der Waals surface area contributed by atoms with Crippen molar-refractivity contribution in [1.82, 2.24) is 9.47 Å². The van der Waals surface area contributed by atoms with Gasteiger partial charge in [0.05, 0.1) is 4.47 Å². The van der Waals surface area contributed by atoms with Crippen molar-refractivity contribution in [2.75, 3.05) is 13.1 Å². The lowest BCUT2D eigenvalue weighted by atomic mass is 10.1. The van der Waals surface area contributed by atoms with E-state index in [4.69, 9.17) is 0 Å². The lowest BCUT2D eigenvalue weighted by Crippen LogP contribution is -2.41. The number of amides is 1. The van der Waals surface area contributed by atoms with Crippen molar-refractivity contribution in [2.45, 2.75) is 19.4 Å². The molecule has 2 heterocycles. The molecule has 0 unspecified atom stereocenters. The number of pyridine rings is 1. The molecule has 1 aromatic heterocycles. The maximum atomic E-state index is 12.1. The van der Waals surface area contributed by atoms with Gasteiger partial charge in [0.25, 0.3) is 5.56 Å². The average molecular weight is 392 g/mol. The molecule has 1 fully saturated rings. The summed E-state index contributed by atoms with van der Waals surface area (Å²) in [6, 6.07) is 1.64. The van der Waals surface area contributed by atoms with Gasteiger partial charge in [0, 0.05) is 36.6 Å². The highest BCUT2D eigenvalue weighted by Gasteiger charge is 2.21. The number of carbonyl (C=O) groups is 2. The molecule has 5 nitrogen and oxygen atoms in total. The number of piperidine rings is 1. The molecule has 1 amide bonds. The molecule has 0 aliphatic carbocycles. The number of hydrogen-bond donors (Lipinski definition) is 0. The molecule has 0 radical (unpaired) electrons. The largest absolute Gasteiger partial charge is 0.340 e. The molecule has 19 heavy (non-hydrogen) atoms. The summed E-state index contributed by atoms with van der Waals surface area (Å²) in [6.07, 6.45) is 2.39. The number of nitrogens with zero attached hydrogens (tertiary/aromatic N) is 2. The molecular formula is C12H12Br2N2O3. The van der Waals surface area contributed by atoms with E-state index < -0.39 is 0 Å². The lowest BCUT2D eigenvalue weighted by molar-refractivity contribution is -0.135. The number of rotatable bonds is 2. The summed E-state index contributed by atoms with van der Waals surface area (Å²) in [7, 11) is 0. The van der Waals surface area contributed by atoms with Gasteiger partial charge in [-0.3, -0.25) is 14.4 Å². The zero-order valence-electron chi connectivity index (χ0n) is 10.1. The Morgan fingerprint density at radius 3 is 2.47 bits per heavy atom. The second-order valence-corrected chi connectivity index (χ2v) is 6.13. The van der Waals surface area contributed by atoms with E-state index in [1.165, 1.54) is 4.57 Å². The molecule has 0 atom stereocenters. The summed E-state index contributed by atoms with van der Waals surface area (Å²) < 4.78 is 2.48. The van der Waals surface area contributed by atoms with Gasteiger partial charge in [0.15, 0.2) is 0 Å². The predicted octanol–water partition coefficient (Wildman–Crippen LogP) is 1.56. The van der Waals surface area contributed by atoms with Gasteiger partial charge >= 0.3 is 0 Å². The molecule has 0 saturated carbocycles. The Bertz CT molecular complexity index is 573. The van der Waals surface area contributed by atoms with Crippen LogP contribution in [0.25, 0.3) is 0 Å². The third kappa shape index (κ3) is 3.54. The third-order valence-corrected chi connectivity index (χ3v) is 3.99. The maximum absolute atomic E-state index is 12.1. The van der Waals surface area contributed by atoms with Gasteiger partial charge in [-0.25, -0.2) is 0 Å². The topological polar surface area (TPSA) is 59.4 Å². The molecule has 7 heteroatoms. The second kappa shape index (κ2) is 6.00. The highest BCUT2D eigenvalue weighted by atomic mass is 79.9. The fourth-order valence-electron chi connectivity index (χ4n) is 1.93. The highest BCUT2D eigenvalue weighted by molar-refractivity contribution is 9.11. The van der Waals surface area contributed by atoms with E-state index in [0.717, 1.165) is 4.47 Å². The number of halogens is 2. The number of hydrogen-bond acceptors (Lipinski definition) is 3. The van der Waals surface area contributed by atoms with E-state index in [1.807, 2.05) is 0 Å². The minimum Gasteiger partial charge on any atom is -0.340 e. The first-order chi connectivity index (χ1) is 8.97. The minimum atomic E-state index is -0.246. The van der Waals surface area contributed by atoms with Crippen LogP contribution in [0.1, 0.15) is 12.8 Å². The first-order valence-corrected chi connectivity index (χ1v) is 7.41. The Hall–Kier alpha value is -0.950. The van der Waals surface area contributed by atoms with Crippen LogP contribution in [0.4, 0.5) is 0 Å². The van der Waals surface area contributed by atoms with Crippen LogP contribution in [0.15, 0.2) is 26.0 Å². The Balaban J connectivity index is 2.11. The molecule has 1 aromatic rings. The first kappa shape index (κ1) is 14.5. The molecular weight excluding hydrogens is 380 g/mol. The molecule has 0 N–H and O–H groups in total.